The summed E-state index contributed by atoms with van der Waals surface area (Å²) in [5.74, 6) is 0. The van der Waals surface area contributed by atoms with Crippen LogP contribution in [0.4, 0.5) is 8.78 Å². The van der Waals surface area contributed by atoms with E-state index < -0.39 is 10.3 Å². The summed E-state index contributed by atoms with van der Waals surface area (Å²) in [6, 6.07) is -3.56. The monoisotopic (exact) mass is 219 g/mol. The summed E-state index contributed by atoms with van der Waals surface area (Å²) in [6.07, 6.45) is 0. The van der Waals surface area contributed by atoms with Crippen molar-refractivity contribution in [3.05, 3.63) is 10.4 Å². The second-order valence-electron chi connectivity index (χ2n) is 1.08. The van der Waals surface area contributed by atoms with Gasteiger partial charge in [-0.3, -0.25) is 0 Å². The molecule has 0 aliphatic carbocycles. The molecule has 0 aliphatic rings. The minimum Gasteiger partial charge on any atom is -0.198 e. The van der Waals surface area contributed by atoms with Gasteiger partial charge in [-0.2, -0.15) is 8.78 Å². The molecule has 3 nitrogen and oxygen atoms in total. The molecule has 0 fully saturated rings. The van der Waals surface area contributed by atoms with Crippen molar-refractivity contribution in [1.29, 1.82) is 0 Å². The van der Waals surface area contributed by atoms with E-state index >= 15 is 0 Å². The lowest BCUT2D eigenvalue weighted by Crippen LogP contribution is -2.19. The fourth-order valence-corrected chi connectivity index (χ4v) is 0.238. The van der Waals surface area contributed by atoms with E-state index in [1.807, 2.05) is 4.91 Å². The summed E-state index contributed by atoms with van der Waals surface area (Å²) in [5.41, 5.74) is 7.55. The van der Waals surface area contributed by atoms with E-state index in [0.717, 1.165) is 0 Å². The van der Waals surface area contributed by atoms with Gasteiger partial charge in [-0.25, -0.2) is 0 Å². The molecule has 0 amide bonds. The van der Waals surface area contributed by atoms with Crippen molar-refractivity contribution in [3.8, 4) is 0 Å². The maximum absolute atomic E-state index is 11.9. The maximum atomic E-state index is 11.9. The molecule has 0 bridgehead atoms. The van der Waals surface area contributed by atoms with Crippen LogP contribution in [0.25, 0.3) is 10.4 Å². The third-order valence-corrected chi connectivity index (χ3v) is 1.25. The standard InChI is InChI=1S/C2HBrClF2N3/c3-1(4)2(5,6)8-9-7/h1H. The zero-order valence-corrected chi connectivity index (χ0v) is 6.27. The maximum Gasteiger partial charge on any atom is 0.351 e. The molecule has 0 heterocycles. The van der Waals surface area contributed by atoms with Crippen LogP contribution in [-0.4, -0.2) is 10.3 Å². The summed E-state index contributed by atoms with van der Waals surface area (Å²) in [4.78, 5) is 1.89. The molecule has 0 spiro atoms. The second kappa shape index (κ2) is 3.20. The SMILES string of the molecule is [N-]=[N+]=NC(F)(F)C(Cl)Br. The molecule has 9 heavy (non-hydrogen) atoms. The average Bonchev–Trinajstić information content (AvgIpc) is 1.65. The van der Waals surface area contributed by atoms with Crippen LogP contribution in [0.2, 0.25) is 0 Å². The fraction of sp³-hybridized carbons (Fsp3) is 1.00. The first-order valence-corrected chi connectivity index (χ1v) is 3.08. The van der Waals surface area contributed by atoms with Gasteiger partial charge in [0.2, 0.25) is 0 Å². The Hall–Kier alpha value is -0.0600. The summed E-state index contributed by atoms with van der Waals surface area (Å²) in [6.45, 7) is 0. The third-order valence-electron chi connectivity index (χ3n) is 0.441. The van der Waals surface area contributed by atoms with Gasteiger partial charge in [-0.1, -0.05) is 15.9 Å². The van der Waals surface area contributed by atoms with Crippen molar-refractivity contribution in [2.45, 2.75) is 10.3 Å². The Morgan fingerprint density at radius 2 is 2.22 bits per heavy atom. The van der Waals surface area contributed by atoms with Crippen molar-refractivity contribution in [3.63, 3.8) is 0 Å². The number of azide groups is 1. The highest BCUT2D eigenvalue weighted by atomic mass is 79.9. The summed E-state index contributed by atoms with van der Waals surface area (Å²) in [5, 5.41) is 2.12. The van der Waals surface area contributed by atoms with Crippen molar-refractivity contribution >= 4 is 27.5 Å². The van der Waals surface area contributed by atoms with Gasteiger partial charge in [-0.15, -0.1) is 11.6 Å². The molecule has 1 atom stereocenters. The Labute approximate surface area is 62.7 Å². The zero-order valence-electron chi connectivity index (χ0n) is 3.93. The second-order valence-corrected chi connectivity index (χ2v) is 2.96. The van der Waals surface area contributed by atoms with Gasteiger partial charge in [0.25, 0.3) is 0 Å². The van der Waals surface area contributed by atoms with Crippen molar-refractivity contribution in [2.24, 2.45) is 5.11 Å². The number of nitrogens with zero attached hydrogens (tertiary/aromatic N) is 3. The molecule has 0 aromatic heterocycles. The molecule has 7 heteroatoms. The Morgan fingerprint density at radius 3 is 2.33 bits per heavy atom. The molecular weight excluding hydrogens is 219 g/mol. The van der Waals surface area contributed by atoms with Gasteiger partial charge in [-0.05, 0) is 10.6 Å². The Morgan fingerprint density at radius 1 is 1.78 bits per heavy atom. The summed E-state index contributed by atoms with van der Waals surface area (Å²) < 4.78 is 22.2. The van der Waals surface area contributed by atoms with Crippen LogP contribution in [-0.2, 0) is 0 Å². The van der Waals surface area contributed by atoms with E-state index in [1.165, 1.54) is 0 Å². The number of alkyl halides is 4. The van der Waals surface area contributed by atoms with Crippen LogP contribution in [0, 0.1) is 0 Å². The van der Waals surface area contributed by atoms with Crippen LogP contribution >= 0.6 is 27.5 Å². The minimum absolute atomic E-state index is 1.65. The lowest BCUT2D eigenvalue weighted by molar-refractivity contribution is 0.0269. The number of halogens is 4. The van der Waals surface area contributed by atoms with E-state index in [0.29, 0.717) is 0 Å². The largest absolute Gasteiger partial charge is 0.351 e. The van der Waals surface area contributed by atoms with Crippen LogP contribution in [0.5, 0.6) is 0 Å². The molecule has 0 aliphatic heterocycles. The van der Waals surface area contributed by atoms with Crippen LogP contribution in [0.15, 0.2) is 5.11 Å². The normalized spacial score (nSPS) is 14.2. The molecule has 0 saturated heterocycles. The highest BCUT2D eigenvalue weighted by Crippen LogP contribution is 2.29. The van der Waals surface area contributed by atoms with Crippen LogP contribution in [0.3, 0.4) is 0 Å². The Bertz CT molecular complexity index is 143. The van der Waals surface area contributed by atoms with Crippen molar-refractivity contribution in [1.82, 2.24) is 0 Å². The molecule has 0 aromatic rings. The van der Waals surface area contributed by atoms with Crippen LogP contribution in [0.1, 0.15) is 0 Å². The van der Waals surface area contributed by atoms with E-state index in [-0.39, 0.29) is 0 Å². The Kier molecular flexibility index (Phi) is 3.17. The number of hydrogen-bond donors (Lipinski definition) is 0. The predicted octanol–water partition coefficient (Wildman–Crippen LogP) is 2.85. The van der Waals surface area contributed by atoms with Crippen LogP contribution < -0.4 is 0 Å². The van der Waals surface area contributed by atoms with E-state index in [2.05, 4.69) is 21.0 Å². The first-order valence-electron chi connectivity index (χ1n) is 1.73. The lowest BCUT2D eigenvalue weighted by Gasteiger charge is -2.08. The van der Waals surface area contributed by atoms with E-state index in [1.54, 1.807) is 0 Å². The molecule has 1 unspecified atom stereocenters. The Balaban J connectivity index is 4.18. The quantitative estimate of drug-likeness (QED) is 0.226. The highest BCUT2D eigenvalue weighted by molar-refractivity contribution is 9.10. The molecule has 0 N–H and O–H groups in total. The van der Waals surface area contributed by atoms with Gasteiger partial charge >= 0.3 is 6.05 Å². The minimum atomic E-state index is -3.56. The lowest BCUT2D eigenvalue weighted by atomic mass is 10.7. The number of rotatable bonds is 2. The summed E-state index contributed by atoms with van der Waals surface area (Å²) in [7, 11) is 0. The molecule has 0 rings (SSSR count). The van der Waals surface area contributed by atoms with E-state index in [4.69, 9.17) is 17.1 Å². The molecule has 0 aromatic carbocycles. The van der Waals surface area contributed by atoms with Crippen molar-refractivity contribution in [2.75, 3.05) is 0 Å². The topological polar surface area (TPSA) is 48.8 Å². The fourth-order valence-electron chi connectivity index (χ4n) is 0.103. The zero-order chi connectivity index (χ0) is 7.49. The van der Waals surface area contributed by atoms with Gasteiger partial charge in [0.05, 0.1) is 0 Å². The molecule has 52 valence electrons. The first kappa shape index (κ1) is 8.94. The summed E-state index contributed by atoms with van der Waals surface area (Å²) >= 11 is 7.20. The van der Waals surface area contributed by atoms with Gasteiger partial charge in [0.15, 0.2) is 4.29 Å². The van der Waals surface area contributed by atoms with E-state index in [9.17, 15) is 8.78 Å². The molecule has 0 saturated carbocycles. The van der Waals surface area contributed by atoms with Crippen molar-refractivity contribution < 1.29 is 8.78 Å². The smallest absolute Gasteiger partial charge is 0.198 e. The average molecular weight is 220 g/mol. The van der Waals surface area contributed by atoms with Gasteiger partial charge in [0.1, 0.15) is 0 Å². The predicted molar refractivity (Wildman–Crippen MR) is 32.7 cm³/mol. The molecule has 0 radical (unpaired) electrons. The number of hydrogen-bond acceptors (Lipinski definition) is 1. The first-order chi connectivity index (χ1) is 4.00. The highest BCUT2D eigenvalue weighted by Gasteiger charge is 2.35. The van der Waals surface area contributed by atoms with Gasteiger partial charge < -0.3 is 0 Å². The van der Waals surface area contributed by atoms with Gasteiger partial charge in [0, 0.05) is 4.91 Å². The third kappa shape index (κ3) is 2.84. The molecular formula is C2HBrClF2N3.